The Balaban J connectivity index is 1.45. The topological polar surface area (TPSA) is 61.4 Å². The van der Waals surface area contributed by atoms with Gasteiger partial charge in [-0.1, -0.05) is 26.0 Å². The van der Waals surface area contributed by atoms with E-state index in [9.17, 15) is 9.18 Å². The summed E-state index contributed by atoms with van der Waals surface area (Å²) >= 11 is 0. The Morgan fingerprint density at radius 3 is 2.63 bits per heavy atom. The number of carbonyl (C=O) groups is 1. The maximum absolute atomic E-state index is 13.4. The van der Waals surface area contributed by atoms with Crippen LogP contribution in [0.5, 0.6) is 0 Å². The van der Waals surface area contributed by atoms with Crippen molar-refractivity contribution in [3.63, 3.8) is 0 Å². The molecule has 6 nitrogen and oxygen atoms in total. The molecule has 0 bridgehead atoms. The molecule has 1 aromatic heterocycles. The van der Waals surface area contributed by atoms with E-state index in [2.05, 4.69) is 27.1 Å². The first-order valence-electron chi connectivity index (χ1n) is 10.9. The van der Waals surface area contributed by atoms with E-state index in [1.807, 2.05) is 11.8 Å². The summed E-state index contributed by atoms with van der Waals surface area (Å²) in [5, 5.41) is 3.28. The van der Waals surface area contributed by atoms with E-state index in [0.717, 1.165) is 43.9 Å². The predicted octanol–water partition coefficient (Wildman–Crippen LogP) is 2.71. The number of benzene rings is 1. The second-order valence-electron chi connectivity index (χ2n) is 8.22. The van der Waals surface area contributed by atoms with Gasteiger partial charge in [0, 0.05) is 44.0 Å². The molecule has 0 spiro atoms. The summed E-state index contributed by atoms with van der Waals surface area (Å²) in [5.41, 5.74) is 3.31. The number of carbonyl (C=O) groups excluding carboxylic acids is 1. The number of nitrogens with zero attached hydrogens (tertiary/aromatic N) is 4. The number of aromatic nitrogens is 2. The van der Waals surface area contributed by atoms with Crippen molar-refractivity contribution >= 4 is 11.7 Å². The zero-order chi connectivity index (χ0) is 21.1. The fourth-order valence-corrected chi connectivity index (χ4v) is 4.57. The lowest BCUT2D eigenvalue weighted by atomic mass is 9.96. The SMILES string of the molecule is CCNC[C@H](C(=O)N1CCN(c2ncnc3c2[C@H](C)CC3)CC1)c1ccc(F)cc1. The molecule has 30 heavy (non-hydrogen) atoms. The molecule has 0 unspecified atom stereocenters. The van der Waals surface area contributed by atoms with Crippen LogP contribution < -0.4 is 10.2 Å². The number of fused-ring (bicyclic) bond motifs is 1. The van der Waals surface area contributed by atoms with E-state index >= 15 is 0 Å². The molecule has 2 aromatic rings. The summed E-state index contributed by atoms with van der Waals surface area (Å²) in [6, 6.07) is 6.29. The minimum absolute atomic E-state index is 0.100. The molecule has 0 saturated carbocycles. The van der Waals surface area contributed by atoms with Crippen molar-refractivity contribution in [1.29, 1.82) is 0 Å². The fourth-order valence-electron chi connectivity index (χ4n) is 4.57. The van der Waals surface area contributed by atoms with Crippen molar-refractivity contribution < 1.29 is 9.18 Å². The van der Waals surface area contributed by atoms with E-state index in [1.165, 1.54) is 23.4 Å². The van der Waals surface area contributed by atoms with Crippen molar-refractivity contribution in [2.45, 2.75) is 38.5 Å². The van der Waals surface area contributed by atoms with Gasteiger partial charge in [-0.3, -0.25) is 4.79 Å². The van der Waals surface area contributed by atoms with Crippen LogP contribution in [0.1, 0.15) is 48.9 Å². The summed E-state index contributed by atoms with van der Waals surface area (Å²) in [6.45, 7) is 8.45. The molecule has 160 valence electrons. The first-order chi connectivity index (χ1) is 14.6. The zero-order valence-electron chi connectivity index (χ0n) is 17.8. The number of hydrogen-bond donors (Lipinski definition) is 1. The normalized spacial score (nSPS) is 19.6. The van der Waals surface area contributed by atoms with Crippen LogP contribution >= 0.6 is 0 Å². The molecule has 2 aliphatic rings. The molecule has 7 heteroatoms. The highest BCUT2D eigenvalue weighted by Gasteiger charge is 2.31. The second-order valence-corrected chi connectivity index (χ2v) is 8.22. The fraction of sp³-hybridized carbons (Fsp3) is 0.522. The van der Waals surface area contributed by atoms with Gasteiger partial charge in [0.05, 0.1) is 5.92 Å². The minimum atomic E-state index is -0.305. The Bertz CT molecular complexity index is 880. The summed E-state index contributed by atoms with van der Waals surface area (Å²) in [7, 11) is 0. The van der Waals surface area contributed by atoms with Gasteiger partial charge in [-0.25, -0.2) is 14.4 Å². The highest BCUT2D eigenvalue weighted by Crippen LogP contribution is 2.37. The molecule has 1 fully saturated rings. The molecular formula is C23H30FN5O. The first kappa shape index (κ1) is 20.7. The molecule has 1 amide bonds. The summed E-state index contributed by atoms with van der Waals surface area (Å²) < 4.78 is 13.4. The van der Waals surface area contributed by atoms with Crippen LogP contribution in [0.2, 0.25) is 0 Å². The number of likely N-dealkylation sites (N-methyl/N-ethyl adjacent to an activating group) is 1. The van der Waals surface area contributed by atoms with E-state index in [0.29, 0.717) is 25.6 Å². The second kappa shape index (κ2) is 9.08. The van der Waals surface area contributed by atoms with Crippen LogP contribution in [0.15, 0.2) is 30.6 Å². The lowest BCUT2D eigenvalue weighted by molar-refractivity contribution is -0.133. The van der Waals surface area contributed by atoms with Crippen molar-refractivity contribution in [2.75, 3.05) is 44.2 Å². The Morgan fingerprint density at radius 1 is 1.20 bits per heavy atom. The number of piperazine rings is 1. The highest BCUT2D eigenvalue weighted by molar-refractivity contribution is 5.84. The first-order valence-corrected chi connectivity index (χ1v) is 10.9. The average Bonchev–Trinajstić information content (AvgIpc) is 3.16. The number of halogens is 1. The van der Waals surface area contributed by atoms with Crippen LogP contribution in [0.4, 0.5) is 10.2 Å². The summed E-state index contributed by atoms with van der Waals surface area (Å²) in [5.74, 6) is 1.04. The van der Waals surface area contributed by atoms with E-state index in [1.54, 1.807) is 18.5 Å². The Morgan fingerprint density at radius 2 is 1.93 bits per heavy atom. The number of aryl methyl sites for hydroxylation is 1. The molecule has 1 aliphatic carbocycles. The van der Waals surface area contributed by atoms with Gasteiger partial charge < -0.3 is 15.1 Å². The van der Waals surface area contributed by atoms with Crippen molar-refractivity contribution in [3.8, 4) is 0 Å². The van der Waals surface area contributed by atoms with E-state index in [4.69, 9.17) is 0 Å². The lowest BCUT2D eigenvalue weighted by Gasteiger charge is -2.38. The number of anilines is 1. The highest BCUT2D eigenvalue weighted by atomic mass is 19.1. The maximum atomic E-state index is 13.4. The van der Waals surface area contributed by atoms with Crippen molar-refractivity contribution in [3.05, 3.63) is 53.2 Å². The molecule has 1 N–H and O–H groups in total. The maximum Gasteiger partial charge on any atom is 0.231 e. The molecule has 1 saturated heterocycles. The number of amides is 1. The van der Waals surface area contributed by atoms with Crippen LogP contribution in [0.3, 0.4) is 0 Å². The van der Waals surface area contributed by atoms with Gasteiger partial charge in [0.15, 0.2) is 0 Å². The van der Waals surface area contributed by atoms with Crippen molar-refractivity contribution in [2.24, 2.45) is 0 Å². The number of rotatable bonds is 6. The minimum Gasteiger partial charge on any atom is -0.353 e. The smallest absolute Gasteiger partial charge is 0.231 e. The molecule has 2 atom stereocenters. The van der Waals surface area contributed by atoms with Crippen LogP contribution in [0, 0.1) is 5.82 Å². The lowest BCUT2D eigenvalue weighted by Crippen LogP contribution is -2.51. The molecule has 1 aromatic carbocycles. The standard InChI is InChI=1S/C23H30FN5O/c1-3-25-14-19(17-5-7-18(24)8-6-17)23(30)29-12-10-28(11-13-29)22-21-16(2)4-9-20(21)26-15-27-22/h5-8,15-16,19,25H,3-4,9-14H2,1-2H3/t16-,19+/m1/s1. The number of hydrogen-bond acceptors (Lipinski definition) is 5. The van der Waals surface area contributed by atoms with Crippen LogP contribution in [-0.4, -0.2) is 60.0 Å². The molecule has 4 rings (SSSR count). The Labute approximate surface area is 177 Å². The number of nitrogens with one attached hydrogen (secondary N) is 1. The van der Waals surface area contributed by atoms with Gasteiger partial charge >= 0.3 is 0 Å². The quantitative estimate of drug-likeness (QED) is 0.792. The predicted molar refractivity (Wildman–Crippen MR) is 115 cm³/mol. The van der Waals surface area contributed by atoms with Crippen LogP contribution in [0.25, 0.3) is 0 Å². The molecule has 1 aliphatic heterocycles. The van der Waals surface area contributed by atoms with Crippen LogP contribution in [-0.2, 0) is 11.2 Å². The Hall–Kier alpha value is -2.54. The third kappa shape index (κ3) is 4.17. The summed E-state index contributed by atoms with van der Waals surface area (Å²) in [4.78, 5) is 26.6. The average molecular weight is 412 g/mol. The van der Waals surface area contributed by atoms with Crippen molar-refractivity contribution in [1.82, 2.24) is 20.2 Å². The van der Waals surface area contributed by atoms with Gasteiger partial charge in [0.25, 0.3) is 0 Å². The van der Waals surface area contributed by atoms with Gasteiger partial charge in [-0.15, -0.1) is 0 Å². The molecule has 0 radical (unpaired) electrons. The third-order valence-corrected chi connectivity index (χ3v) is 6.31. The monoisotopic (exact) mass is 411 g/mol. The Kier molecular flexibility index (Phi) is 6.27. The van der Waals surface area contributed by atoms with Gasteiger partial charge in [0.1, 0.15) is 18.0 Å². The van der Waals surface area contributed by atoms with Gasteiger partial charge in [-0.05, 0) is 43.0 Å². The van der Waals surface area contributed by atoms with E-state index in [-0.39, 0.29) is 17.6 Å². The zero-order valence-corrected chi connectivity index (χ0v) is 17.8. The third-order valence-electron chi connectivity index (χ3n) is 6.31. The summed E-state index contributed by atoms with van der Waals surface area (Å²) in [6.07, 6.45) is 3.82. The van der Waals surface area contributed by atoms with Gasteiger partial charge in [0.2, 0.25) is 5.91 Å². The molecular weight excluding hydrogens is 381 g/mol. The largest absolute Gasteiger partial charge is 0.353 e. The van der Waals surface area contributed by atoms with E-state index < -0.39 is 0 Å². The molecule has 2 heterocycles. The van der Waals surface area contributed by atoms with Gasteiger partial charge in [-0.2, -0.15) is 0 Å².